The Balaban J connectivity index is 1.53. The molecule has 178 valence electrons. The van der Waals surface area contributed by atoms with Crippen LogP contribution < -0.4 is 14.2 Å². The van der Waals surface area contributed by atoms with Gasteiger partial charge in [-0.15, -0.1) is 5.11 Å². The molecular formula is C27H27N5O3. The molecule has 4 aromatic rings. The molecule has 8 heteroatoms. The Morgan fingerprint density at radius 3 is 2.43 bits per heavy atom. The van der Waals surface area contributed by atoms with Gasteiger partial charge in [0.1, 0.15) is 0 Å². The first-order valence-corrected chi connectivity index (χ1v) is 11.2. The van der Waals surface area contributed by atoms with E-state index >= 15 is 0 Å². The Hall–Kier alpha value is -4.33. The molecule has 0 aliphatic carbocycles. The van der Waals surface area contributed by atoms with Crippen molar-refractivity contribution in [1.82, 2.24) is 15.0 Å². The number of aromatic nitrogens is 3. The van der Waals surface area contributed by atoms with Crippen LogP contribution in [0.1, 0.15) is 16.7 Å². The van der Waals surface area contributed by atoms with Crippen molar-refractivity contribution in [2.24, 2.45) is 10.2 Å². The van der Waals surface area contributed by atoms with Gasteiger partial charge in [-0.1, -0.05) is 72.3 Å². The third kappa shape index (κ3) is 6.38. The van der Waals surface area contributed by atoms with E-state index in [9.17, 15) is 0 Å². The minimum atomic E-state index is 0.185. The minimum absolute atomic E-state index is 0.185. The van der Waals surface area contributed by atoms with Gasteiger partial charge in [-0.3, -0.25) is 0 Å². The van der Waals surface area contributed by atoms with E-state index in [0.717, 1.165) is 16.7 Å². The fourth-order valence-corrected chi connectivity index (χ4v) is 3.57. The molecule has 8 nitrogen and oxygen atoms in total. The van der Waals surface area contributed by atoms with Gasteiger partial charge >= 0.3 is 6.01 Å². The molecule has 0 atom stereocenters. The summed E-state index contributed by atoms with van der Waals surface area (Å²) in [7, 11) is 3.23. The Morgan fingerprint density at radius 1 is 0.829 bits per heavy atom. The molecule has 0 aliphatic heterocycles. The maximum atomic E-state index is 5.91. The van der Waals surface area contributed by atoms with Crippen LogP contribution in [0.2, 0.25) is 0 Å². The Labute approximate surface area is 204 Å². The van der Waals surface area contributed by atoms with Crippen LogP contribution in [0, 0.1) is 6.92 Å². The molecule has 0 N–H and O–H groups in total. The first-order chi connectivity index (χ1) is 17.2. The number of rotatable bonds is 10. The van der Waals surface area contributed by atoms with Crippen molar-refractivity contribution in [3.63, 3.8) is 0 Å². The standard InChI is InChI=1S/C27H27N5O3/c1-19-9-7-10-20(17-19)18-28-32-26-29-25(22-11-5-4-6-12-22)30-27(31-26)35-16-15-21-13-8-14-23(33-2)24(21)34-3/h4-14,17H,15-16,18H2,1-3H3. The van der Waals surface area contributed by atoms with E-state index in [-0.39, 0.29) is 12.0 Å². The van der Waals surface area contributed by atoms with Crippen LogP contribution in [0.4, 0.5) is 5.95 Å². The SMILES string of the molecule is COc1cccc(CCOc2nc(N=NCc3cccc(C)c3)nc(-c3ccccc3)n2)c1OC. The van der Waals surface area contributed by atoms with Crippen LogP contribution >= 0.6 is 0 Å². The molecule has 0 unspecified atom stereocenters. The van der Waals surface area contributed by atoms with E-state index in [0.29, 0.717) is 36.9 Å². The van der Waals surface area contributed by atoms with Gasteiger partial charge in [0, 0.05) is 17.5 Å². The summed E-state index contributed by atoms with van der Waals surface area (Å²) in [4.78, 5) is 13.3. The summed E-state index contributed by atoms with van der Waals surface area (Å²) in [6.45, 7) is 2.81. The van der Waals surface area contributed by atoms with Gasteiger partial charge in [-0.25, -0.2) is 0 Å². The lowest BCUT2D eigenvalue weighted by molar-refractivity contribution is 0.292. The molecule has 4 rings (SSSR count). The molecule has 3 aromatic carbocycles. The number of nitrogens with zero attached hydrogens (tertiary/aromatic N) is 5. The van der Waals surface area contributed by atoms with Gasteiger partial charge in [0.05, 0.1) is 27.4 Å². The lowest BCUT2D eigenvalue weighted by atomic mass is 10.1. The molecule has 35 heavy (non-hydrogen) atoms. The van der Waals surface area contributed by atoms with E-state index in [1.54, 1.807) is 14.2 Å². The van der Waals surface area contributed by atoms with Crippen molar-refractivity contribution in [2.45, 2.75) is 19.9 Å². The van der Waals surface area contributed by atoms with Gasteiger partial charge in [-0.05, 0) is 18.6 Å². The summed E-state index contributed by atoms with van der Waals surface area (Å²) in [5, 5.41) is 8.53. The van der Waals surface area contributed by atoms with Crippen molar-refractivity contribution in [2.75, 3.05) is 20.8 Å². The van der Waals surface area contributed by atoms with E-state index in [1.807, 2.05) is 73.7 Å². The molecular weight excluding hydrogens is 442 g/mol. The van der Waals surface area contributed by atoms with Crippen LogP contribution in [0.15, 0.2) is 83.0 Å². The molecule has 1 aromatic heterocycles. The summed E-state index contributed by atoms with van der Waals surface area (Å²) in [6, 6.07) is 23.7. The van der Waals surface area contributed by atoms with Crippen LogP contribution in [-0.4, -0.2) is 35.8 Å². The number of methoxy groups -OCH3 is 2. The summed E-state index contributed by atoms with van der Waals surface area (Å²) < 4.78 is 16.8. The van der Waals surface area contributed by atoms with E-state index in [1.165, 1.54) is 5.56 Å². The molecule has 0 saturated carbocycles. The molecule has 0 aliphatic rings. The predicted molar refractivity (Wildman–Crippen MR) is 133 cm³/mol. The molecule has 0 radical (unpaired) electrons. The number of hydrogen-bond acceptors (Lipinski definition) is 8. The van der Waals surface area contributed by atoms with E-state index in [2.05, 4.69) is 31.2 Å². The van der Waals surface area contributed by atoms with Gasteiger partial charge in [0.15, 0.2) is 17.3 Å². The second kappa shape index (κ2) is 11.7. The number of benzene rings is 3. The largest absolute Gasteiger partial charge is 0.493 e. The zero-order chi connectivity index (χ0) is 24.5. The summed E-state index contributed by atoms with van der Waals surface area (Å²) in [5.41, 5.74) is 4.04. The zero-order valence-corrected chi connectivity index (χ0v) is 20.0. The third-order valence-electron chi connectivity index (χ3n) is 5.22. The van der Waals surface area contributed by atoms with Gasteiger partial charge < -0.3 is 14.2 Å². The van der Waals surface area contributed by atoms with Gasteiger partial charge in [-0.2, -0.15) is 20.1 Å². The predicted octanol–water partition coefficient (Wildman–Crippen LogP) is 5.77. The monoisotopic (exact) mass is 469 g/mol. The highest BCUT2D eigenvalue weighted by Crippen LogP contribution is 2.31. The number of ether oxygens (including phenoxy) is 3. The van der Waals surface area contributed by atoms with Crippen molar-refractivity contribution < 1.29 is 14.2 Å². The highest BCUT2D eigenvalue weighted by atomic mass is 16.5. The quantitative estimate of drug-likeness (QED) is 0.274. The molecule has 0 fully saturated rings. The van der Waals surface area contributed by atoms with Gasteiger partial charge in [0.25, 0.3) is 5.95 Å². The molecule has 1 heterocycles. The molecule has 0 amide bonds. The number of aryl methyl sites for hydroxylation is 1. The molecule has 0 bridgehead atoms. The Bertz CT molecular complexity index is 1300. The topological polar surface area (TPSA) is 91.1 Å². The number of para-hydroxylation sites is 1. The Morgan fingerprint density at radius 2 is 1.66 bits per heavy atom. The summed E-state index contributed by atoms with van der Waals surface area (Å²) >= 11 is 0. The smallest absolute Gasteiger partial charge is 0.321 e. The fourth-order valence-electron chi connectivity index (χ4n) is 3.57. The van der Waals surface area contributed by atoms with Crippen molar-refractivity contribution in [1.29, 1.82) is 0 Å². The fraction of sp³-hybridized carbons (Fsp3) is 0.222. The highest BCUT2D eigenvalue weighted by Gasteiger charge is 2.12. The third-order valence-corrected chi connectivity index (χ3v) is 5.22. The zero-order valence-electron chi connectivity index (χ0n) is 20.0. The average molecular weight is 470 g/mol. The summed E-state index contributed by atoms with van der Waals surface area (Å²) in [6.07, 6.45) is 0.580. The van der Waals surface area contributed by atoms with Crippen LogP contribution in [0.3, 0.4) is 0 Å². The Kier molecular flexibility index (Phi) is 7.96. The highest BCUT2D eigenvalue weighted by molar-refractivity contribution is 5.55. The molecule has 0 saturated heterocycles. The normalized spacial score (nSPS) is 10.9. The summed E-state index contributed by atoms with van der Waals surface area (Å²) in [5.74, 6) is 2.03. The second-order valence-electron chi connectivity index (χ2n) is 7.75. The number of azo groups is 1. The lowest BCUT2D eigenvalue weighted by Crippen LogP contribution is -2.07. The first kappa shape index (κ1) is 23.8. The average Bonchev–Trinajstić information content (AvgIpc) is 2.89. The first-order valence-electron chi connectivity index (χ1n) is 11.2. The lowest BCUT2D eigenvalue weighted by Gasteiger charge is -2.12. The van der Waals surface area contributed by atoms with E-state index < -0.39 is 0 Å². The van der Waals surface area contributed by atoms with Crippen molar-refractivity contribution in [3.8, 4) is 28.9 Å². The number of hydrogen-bond donors (Lipinski definition) is 0. The van der Waals surface area contributed by atoms with E-state index in [4.69, 9.17) is 14.2 Å². The van der Waals surface area contributed by atoms with Crippen LogP contribution in [0.5, 0.6) is 17.5 Å². The van der Waals surface area contributed by atoms with Crippen LogP contribution in [0.25, 0.3) is 11.4 Å². The maximum Gasteiger partial charge on any atom is 0.321 e. The maximum absolute atomic E-state index is 5.91. The molecule has 0 spiro atoms. The van der Waals surface area contributed by atoms with Crippen molar-refractivity contribution in [3.05, 3.63) is 89.5 Å². The minimum Gasteiger partial charge on any atom is -0.493 e. The second-order valence-corrected chi connectivity index (χ2v) is 7.75. The van der Waals surface area contributed by atoms with Crippen molar-refractivity contribution >= 4 is 5.95 Å². The van der Waals surface area contributed by atoms with Gasteiger partial charge in [0.2, 0.25) is 0 Å². The van der Waals surface area contributed by atoms with Crippen LogP contribution in [-0.2, 0) is 13.0 Å².